The van der Waals surface area contributed by atoms with Gasteiger partial charge in [-0.15, -0.1) is 0 Å². The third kappa shape index (κ3) is 2.35. The van der Waals surface area contributed by atoms with Crippen molar-refractivity contribution < 1.29 is 13.9 Å². The maximum Gasteiger partial charge on any atom is 0.174 e. The minimum atomic E-state index is 0.0453. The molecule has 2 aromatic rings. The number of fused-ring (bicyclic) bond motifs is 1. The molecule has 0 fully saturated rings. The molecule has 0 saturated carbocycles. The summed E-state index contributed by atoms with van der Waals surface area (Å²) in [5, 5.41) is 3.28. The van der Waals surface area contributed by atoms with Gasteiger partial charge in [-0.2, -0.15) is 0 Å². The molecule has 1 aromatic heterocycles. The number of hydrogen-bond donors (Lipinski definition) is 1. The quantitative estimate of drug-likeness (QED) is 0.942. The average Bonchev–Trinajstić information content (AvgIpc) is 2.86. The van der Waals surface area contributed by atoms with Crippen molar-refractivity contribution in [2.75, 3.05) is 20.3 Å². The first-order valence-electron chi connectivity index (χ1n) is 6.09. The van der Waals surface area contributed by atoms with Crippen molar-refractivity contribution in [2.24, 2.45) is 0 Å². The van der Waals surface area contributed by atoms with Gasteiger partial charge in [-0.25, -0.2) is 0 Å². The Balaban J connectivity index is 1.98. The van der Waals surface area contributed by atoms with Crippen molar-refractivity contribution >= 4 is 15.9 Å². The maximum absolute atomic E-state index is 5.62. The van der Waals surface area contributed by atoms with Crippen molar-refractivity contribution in [2.45, 2.75) is 6.04 Å². The van der Waals surface area contributed by atoms with E-state index in [4.69, 9.17) is 13.9 Å². The molecule has 1 unspecified atom stereocenters. The number of hydrogen-bond acceptors (Lipinski definition) is 4. The fourth-order valence-corrected chi connectivity index (χ4v) is 2.72. The molecule has 0 bridgehead atoms. The highest BCUT2D eigenvalue weighted by Crippen LogP contribution is 2.36. The summed E-state index contributed by atoms with van der Waals surface area (Å²) >= 11 is 3.42. The molecule has 0 spiro atoms. The zero-order valence-corrected chi connectivity index (χ0v) is 12.1. The van der Waals surface area contributed by atoms with Crippen LogP contribution in [0.5, 0.6) is 11.5 Å². The van der Waals surface area contributed by atoms with Gasteiger partial charge >= 0.3 is 0 Å². The molecule has 0 radical (unpaired) electrons. The molecule has 4 nitrogen and oxygen atoms in total. The highest BCUT2D eigenvalue weighted by atomic mass is 79.9. The monoisotopic (exact) mass is 323 g/mol. The van der Waals surface area contributed by atoms with Crippen LogP contribution < -0.4 is 14.8 Å². The Hall–Kier alpha value is -1.46. The first-order valence-corrected chi connectivity index (χ1v) is 6.88. The zero-order chi connectivity index (χ0) is 13.2. The molecule has 3 rings (SSSR count). The molecule has 1 aliphatic rings. The van der Waals surface area contributed by atoms with E-state index < -0.39 is 0 Å². The molecule has 1 atom stereocenters. The van der Waals surface area contributed by atoms with Crippen molar-refractivity contribution in [1.82, 2.24) is 5.32 Å². The van der Waals surface area contributed by atoms with Crippen LogP contribution in [-0.2, 0) is 0 Å². The van der Waals surface area contributed by atoms with Gasteiger partial charge in [-0.05, 0) is 46.7 Å². The Bertz CT molecular complexity index is 582. The molecular weight excluding hydrogens is 310 g/mol. The first kappa shape index (κ1) is 12.6. The van der Waals surface area contributed by atoms with Gasteiger partial charge in [-0.1, -0.05) is 6.07 Å². The van der Waals surface area contributed by atoms with E-state index in [-0.39, 0.29) is 6.04 Å². The standard InChI is InChI=1S/C14H14BrNO3/c1-16-13(10-4-5-19-14(10)15)9-2-3-11-12(8-9)18-7-6-17-11/h2-5,8,13,16H,6-7H2,1H3. The Kier molecular flexibility index (Phi) is 3.48. The molecule has 5 heteroatoms. The van der Waals surface area contributed by atoms with Crippen molar-refractivity contribution in [3.63, 3.8) is 0 Å². The maximum atomic E-state index is 5.62. The SMILES string of the molecule is CNC(c1ccc2c(c1)OCCO2)c1ccoc1Br. The summed E-state index contributed by atoms with van der Waals surface area (Å²) in [6.07, 6.45) is 1.67. The van der Waals surface area contributed by atoms with Crippen LogP contribution in [0.3, 0.4) is 0 Å². The van der Waals surface area contributed by atoms with Gasteiger partial charge < -0.3 is 19.2 Å². The summed E-state index contributed by atoms with van der Waals surface area (Å²) < 4.78 is 17.2. The second-order valence-corrected chi connectivity index (χ2v) is 4.99. The smallest absolute Gasteiger partial charge is 0.174 e. The lowest BCUT2D eigenvalue weighted by Gasteiger charge is -2.21. The third-order valence-corrected chi connectivity index (χ3v) is 3.79. The number of furan rings is 1. The largest absolute Gasteiger partial charge is 0.486 e. The molecular formula is C14H14BrNO3. The number of rotatable bonds is 3. The molecule has 2 heterocycles. The summed E-state index contributed by atoms with van der Waals surface area (Å²) in [5.41, 5.74) is 2.16. The summed E-state index contributed by atoms with van der Waals surface area (Å²) in [4.78, 5) is 0. The van der Waals surface area contributed by atoms with Crippen LogP contribution in [0, 0.1) is 0 Å². The van der Waals surface area contributed by atoms with Gasteiger partial charge in [0, 0.05) is 5.56 Å². The van der Waals surface area contributed by atoms with E-state index in [9.17, 15) is 0 Å². The highest BCUT2D eigenvalue weighted by Gasteiger charge is 2.20. The van der Waals surface area contributed by atoms with E-state index in [1.54, 1.807) is 6.26 Å². The molecule has 19 heavy (non-hydrogen) atoms. The van der Waals surface area contributed by atoms with Gasteiger partial charge in [-0.3, -0.25) is 0 Å². The van der Waals surface area contributed by atoms with Crippen molar-refractivity contribution in [3.8, 4) is 11.5 Å². The van der Waals surface area contributed by atoms with Crippen LogP contribution in [0.15, 0.2) is 39.6 Å². The van der Waals surface area contributed by atoms with Gasteiger partial charge in [0.2, 0.25) is 0 Å². The molecule has 0 aliphatic carbocycles. The molecule has 100 valence electrons. The fraction of sp³-hybridized carbons (Fsp3) is 0.286. The van der Waals surface area contributed by atoms with Crippen LogP contribution >= 0.6 is 15.9 Å². The number of benzene rings is 1. The molecule has 1 aromatic carbocycles. The van der Waals surface area contributed by atoms with Crippen LogP contribution in [-0.4, -0.2) is 20.3 Å². The van der Waals surface area contributed by atoms with Gasteiger partial charge in [0.15, 0.2) is 16.2 Å². The second kappa shape index (κ2) is 5.27. The highest BCUT2D eigenvalue weighted by molar-refractivity contribution is 9.10. The Morgan fingerprint density at radius 3 is 2.63 bits per heavy atom. The lowest BCUT2D eigenvalue weighted by molar-refractivity contribution is 0.171. The Morgan fingerprint density at radius 2 is 1.95 bits per heavy atom. The average molecular weight is 324 g/mol. The number of nitrogens with one attached hydrogen (secondary N) is 1. The minimum absolute atomic E-state index is 0.0453. The lowest BCUT2D eigenvalue weighted by Crippen LogP contribution is -2.19. The third-order valence-electron chi connectivity index (χ3n) is 3.15. The fourth-order valence-electron chi connectivity index (χ4n) is 2.25. The van der Waals surface area contributed by atoms with E-state index in [0.717, 1.165) is 27.3 Å². The lowest BCUT2D eigenvalue weighted by atomic mass is 10.0. The second-order valence-electron chi connectivity index (χ2n) is 4.27. The molecule has 1 N–H and O–H groups in total. The molecule has 0 saturated heterocycles. The van der Waals surface area contributed by atoms with E-state index in [0.29, 0.717) is 13.2 Å². The number of halogens is 1. The van der Waals surface area contributed by atoms with Gasteiger partial charge in [0.1, 0.15) is 13.2 Å². The predicted molar refractivity (Wildman–Crippen MR) is 74.7 cm³/mol. The summed E-state index contributed by atoms with van der Waals surface area (Å²) in [6, 6.07) is 7.98. The van der Waals surface area contributed by atoms with Gasteiger partial charge in [0.25, 0.3) is 0 Å². The Morgan fingerprint density at radius 1 is 1.16 bits per heavy atom. The minimum Gasteiger partial charge on any atom is -0.486 e. The topological polar surface area (TPSA) is 43.6 Å². The van der Waals surface area contributed by atoms with E-state index in [1.807, 2.05) is 31.3 Å². The van der Waals surface area contributed by atoms with Gasteiger partial charge in [0.05, 0.1) is 12.3 Å². The Labute approximate surface area is 119 Å². The van der Waals surface area contributed by atoms with Crippen LogP contribution in [0.25, 0.3) is 0 Å². The van der Waals surface area contributed by atoms with Crippen LogP contribution in [0.4, 0.5) is 0 Å². The summed E-state index contributed by atoms with van der Waals surface area (Å²) in [7, 11) is 1.92. The van der Waals surface area contributed by atoms with Crippen molar-refractivity contribution in [3.05, 3.63) is 46.3 Å². The predicted octanol–water partition coefficient (Wildman–Crippen LogP) is 3.12. The molecule has 1 aliphatic heterocycles. The van der Waals surface area contributed by atoms with E-state index >= 15 is 0 Å². The normalized spacial score (nSPS) is 15.3. The van der Waals surface area contributed by atoms with Crippen LogP contribution in [0.2, 0.25) is 0 Å². The zero-order valence-electron chi connectivity index (χ0n) is 10.5. The molecule has 0 amide bonds. The number of ether oxygens (including phenoxy) is 2. The van der Waals surface area contributed by atoms with Crippen LogP contribution in [0.1, 0.15) is 17.2 Å². The van der Waals surface area contributed by atoms with E-state index in [2.05, 4.69) is 21.2 Å². The summed E-state index contributed by atoms with van der Waals surface area (Å²) in [6.45, 7) is 1.20. The summed E-state index contributed by atoms with van der Waals surface area (Å²) in [5.74, 6) is 1.60. The van der Waals surface area contributed by atoms with Crippen molar-refractivity contribution in [1.29, 1.82) is 0 Å². The van der Waals surface area contributed by atoms with E-state index in [1.165, 1.54) is 0 Å². The first-order chi connectivity index (χ1) is 9.29.